The molecule has 3 rings (SSSR count). The highest BCUT2D eigenvalue weighted by Gasteiger charge is 2.28. The van der Waals surface area contributed by atoms with Gasteiger partial charge in [0.15, 0.2) is 5.96 Å². The van der Waals surface area contributed by atoms with Crippen LogP contribution in [0.15, 0.2) is 46.7 Å². The smallest absolute Gasteiger partial charge is 0.193 e. The lowest BCUT2D eigenvalue weighted by atomic mass is 9.93. The Morgan fingerprint density at radius 3 is 3.04 bits per heavy atom. The van der Waals surface area contributed by atoms with Gasteiger partial charge in [0.05, 0.1) is 24.9 Å². The predicted octanol–water partition coefficient (Wildman–Crippen LogP) is 2.75. The molecule has 0 aromatic carbocycles. The van der Waals surface area contributed by atoms with Gasteiger partial charge in [-0.25, -0.2) is 4.98 Å². The van der Waals surface area contributed by atoms with Crippen molar-refractivity contribution in [3.05, 3.63) is 42.9 Å². The third kappa shape index (κ3) is 4.27. The molecule has 3 heterocycles. The van der Waals surface area contributed by atoms with Crippen molar-refractivity contribution in [3.63, 3.8) is 0 Å². The Bertz CT molecular complexity index is 596. The van der Waals surface area contributed by atoms with Gasteiger partial charge in [-0.2, -0.15) is 0 Å². The Morgan fingerprint density at radius 1 is 1.52 bits per heavy atom. The van der Waals surface area contributed by atoms with Gasteiger partial charge >= 0.3 is 0 Å². The van der Waals surface area contributed by atoms with E-state index in [1.165, 1.54) is 0 Å². The van der Waals surface area contributed by atoms with Gasteiger partial charge in [0.2, 0.25) is 0 Å². The summed E-state index contributed by atoms with van der Waals surface area (Å²) >= 11 is 0. The van der Waals surface area contributed by atoms with Crippen LogP contribution >= 0.6 is 24.0 Å². The zero-order valence-corrected chi connectivity index (χ0v) is 15.9. The average Bonchev–Trinajstić information content (AvgIpc) is 3.22. The molecule has 0 aliphatic carbocycles. The van der Waals surface area contributed by atoms with Crippen LogP contribution in [-0.4, -0.2) is 40.5 Å². The summed E-state index contributed by atoms with van der Waals surface area (Å²) in [5, 5.41) is 3.41. The van der Waals surface area contributed by atoms with Crippen LogP contribution in [0.3, 0.4) is 0 Å². The van der Waals surface area contributed by atoms with Crippen molar-refractivity contribution in [1.29, 1.82) is 0 Å². The molecule has 7 heteroatoms. The first-order valence-corrected chi connectivity index (χ1v) is 7.72. The van der Waals surface area contributed by atoms with Crippen LogP contribution in [0.5, 0.6) is 0 Å². The zero-order chi connectivity index (χ0) is 15.4. The van der Waals surface area contributed by atoms with Gasteiger partial charge in [-0.1, -0.05) is 6.92 Å². The summed E-state index contributed by atoms with van der Waals surface area (Å²) in [6.07, 6.45) is 10.4. The van der Waals surface area contributed by atoms with E-state index in [1.54, 1.807) is 12.5 Å². The fraction of sp³-hybridized carbons (Fsp3) is 0.500. The number of halogens is 1. The van der Waals surface area contributed by atoms with E-state index in [4.69, 9.17) is 4.42 Å². The molecule has 0 amide bonds. The molecule has 1 N–H and O–H groups in total. The van der Waals surface area contributed by atoms with E-state index < -0.39 is 0 Å². The number of hydrogen-bond donors (Lipinski definition) is 1. The number of piperidine rings is 1. The number of imidazole rings is 1. The molecule has 1 aliphatic rings. The molecule has 6 nitrogen and oxygen atoms in total. The van der Waals surface area contributed by atoms with Gasteiger partial charge in [0.25, 0.3) is 0 Å². The van der Waals surface area contributed by atoms with Gasteiger partial charge < -0.3 is 19.2 Å². The Kier molecular flexibility index (Phi) is 6.49. The first-order valence-electron chi connectivity index (χ1n) is 7.72. The second kappa shape index (κ2) is 8.37. The summed E-state index contributed by atoms with van der Waals surface area (Å²) in [6.45, 7) is 5.01. The SMILES string of the molecule is CN=C(NCc1ccoc1)N1CCC(C)C(n2ccnc2)C1.I. The Morgan fingerprint density at radius 2 is 2.39 bits per heavy atom. The lowest BCUT2D eigenvalue weighted by Gasteiger charge is -2.39. The number of nitrogens with one attached hydrogen (secondary N) is 1. The predicted molar refractivity (Wildman–Crippen MR) is 101 cm³/mol. The average molecular weight is 429 g/mol. The minimum Gasteiger partial charge on any atom is -0.472 e. The molecule has 2 aromatic rings. The maximum Gasteiger partial charge on any atom is 0.193 e. The molecule has 126 valence electrons. The minimum atomic E-state index is 0. The van der Waals surface area contributed by atoms with Crippen molar-refractivity contribution in [1.82, 2.24) is 19.8 Å². The van der Waals surface area contributed by atoms with E-state index in [0.717, 1.165) is 37.6 Å². The summed E-state index contributed by atoms with van der Waals surface area (Å²) in [5.74, 6) is 1.58. The molecule has 2 aromatic heterocycles. The third-order valence-electron chi connectivity index (χ3n) is 4.37. The molecule has 0 saturated carbocycles. The fourth-order valence-corrected chi connectivity index (χ4v) is 3.00. The van der Waals surface area contributed by atoms with Crippen molar-refractivity contribution in [2.75, 3.05) is 20.1 Å². The molecule has 0 bridgehead atoms. The molecule has 0 spiro atoms. The van der Waals surface area contributed by atoms with Crippen molar-refractivity contribution < 1.29 is 4.42 Å². The normalized spacial score (nSPS) is 21.8. The molecule has 23 heavy (non-hydrogen) atoms. The molecular formula is C16H24IN5O. The topological polar surface area (TPSA) is 58.6 Å². The Labute approximate surface area is 154 Å². The van der Waals surface area contributed by atoms with E-state index in [2.05, 4.69) is 31.7 Å². The first-order chi connectivity index (χ1) is 10.8. The monoisotopic (exact) mass is 429 g/mol. The number of nitrogens with zero attached hydrogens (tertiary/aromatic N) is 4. The maximum absolute atomic E-state index is 5.10. The van der Waals surface area contributed by atoms with Gasteiger partial charge in [-0.3, -0.25) is 4.99 Å². The summed E-state index contributed by atoms with van der Waals surface area (Å²) in [6, 6.07) is 2.40. The number of furan rings is 1. The number of hydrogen-bond acceptors (Lipinski definition) is 3. The van der Waals surface area contributed by atoms with Gasteiger partial charge in [0.1, 0.15) is 0 Å². The minimum absolute atomic E-state index is 0. The van der Waals surface area contributed by atoms with Crippen LogP contribution in [-0.2, 0) is 6.54 Å². The number of guanidine groups is 1. The van der Waals surface area contributed by atoms with Crippen molar-refractivity contribution >= 4 is 29.9 Å². The van der Waals surface area contributed by atoms with Crippen molar-refractivity contribution in [2.24, 2.45) is 10.9 Å². The van der Waals surface area contributed by atoms with E-state index in [9.17, 15) is 0 Å². The molecule has 2 atom stereocenters. The number of likely N-dealkylation sites (tertiary alicyclic amines) is 1. The summed E-state index contributed by atoms with van der Waals surface area (Å²) in [5.41, 5.74) is 1.12. The van der Waals surface area contributed by atoms with E-state index in [-0.39, 0.29) is 24.0 Å². The van der Waals surface area contributed by atoms with Gasteiger partial charge in [0, 0.05) is 44.6 Å². The van der Waals surface area contributed by atoms with Crippen LogP contribution in [0.4, 0.5) is 0 Å². The lowest BCUT2D eigenvalue weighted by Crippen LogP contribution is -2.48. The summed E-state index contributed by atoms with van der Waals surface area (Å²) in [7, 11) is 1.84. The van der Waals surface area contributed by atoms with Crippen LogP contribution in [0, 0.1) is 5.92 Å². The van der Waals surface area contributed by atoms with Crippen molar-refractivity contribution in [2.45, 2.75) is 25.9 Å². The largest absolute Gasteiger partial charge is 0.472 e. The van der Waals surface area contributed by atoms with Crippen LogP contribution in [0.25, 0.3) is 0 Å². The number of aliphatic imine (C=N–C) groups is 1. The van der Waals surface area contributed by atoms with Crippen LogP contribution in [0.1, 0.15) is 24.9 Å². The molecule has 1 fully saturated rings. The standard InChI is InChI=1S/C16H23N5O.HI/c1-13-3-6-20(10-15(13)21-7-5-18-12-21)16(17-2)19-9-14-4-8-22-11-14;/h4-5,7-8,11-13,15H,3,6,9-10H2,1-2H3,(H,17,19);1H. The number of aromatic nitrogens is 2. The Balaban J connectivity index is 0.00000192. The van der Waals surface area contributed by atoms with Gasteiger partial charge in [-0.05, 0) is 18.4 Å². The highest BCUT2D eigenvalue weighted by molar-refractivity contribution is 14.0. The number of rotatable bonds is 3. The zero-order valence-electron chi connectivity index (χ0n) is 13.6. The molecule has 1 saturated heterocycles. The molecule has 2 unspecified atom stereocenters. The maximum atomic E-state index is 5.10. The van der Waals surface area contributed by atoms with Crippen LogP contribution in [0.2, 0.25) is 0 Å². The Hall–Kier alpha value is -1.51. The summed E-state index contributed by atoms with van der Waals surface area (Å²) in [4.78, 5) is 10.9. The van der Waals surface area contributed by atoms with Gasteiger partial charge in [-0.15, -0.1) is 24.0 Å². The second-order valence-electron chi connectivity index (χ2n) is 5.82. The third-order valence-corrected chi connectivity index (χ3v) is 4.37. The van der Waals surface area contributed by atoms with Crippen LogP contribution < -0.4 is 5.32 Å². The quantitative estimate of drug-likeness (QED) is 0.463. The lowest BCUT2D eigenvalue weighted by molar-refractivity contribution is 0.189. The van der Waals surface area contributed by atoms with E-state index >= 15 is 0 Å². The molecule has 0 radical (unpaired) electrons. The second-order valence-corrected chi connectivity index (χ2v) is 5.82. The fourth-order valence-electron chi connectivity index (χ4n) is 3.00. The van der Waals surface area contributed by atoms with E-state index in [0.29, 0.717) is 12.0 Å². The van der Waals surface area contributed by atoms with E-state index in [1.807, 2.05) is 31.8 Å². The first kappa shape index (κ1) is 17.8. The highest BCUT2D eigenvalue weighted by atomic mass is 127. The highest BCUT2D eigenvalue weighted by Crippen LogP contribution is 2.27. The molecular weight excluding hydrogens is 405 g/mol. The summed E-state index contributed by atoms with van der Waals surface area (Å²) < 4.78 is 7.31. The van der Waals surface area contributed by atoms with Crippen molar-refractivity contribution in [3.8, 4) is 0 Å². The molecule has 1 aliphatic heterocycles.